The van der Waals surface area contributed by atoms with Crippen LogP contribution in [0.25, 0.3) is 0 Å². The lowest BCUT2D eigenvalue weighted by Crippen LogP contribution is -2.10. The highest BCUT2D eigenvalue weighted by atomic mass is 16.6. The molecule has 0 heterocycles. The zero-order valence-electron chi connectivity index (χ0n) is 24.5. The Morgan fingerprint density at radius 3 is 1.95 bits per heavy atom. The second kappa shape index (κ2) is 17.6. The van der Waals surface area contributed by atoms with Gasteiger partial charge in [-0.3, -0.25) is 0 Å². The van der Waals surface area contributed by atoms with E-state index < -0.39 is 11.9 Å². The molecule has 0 unspecified atom stereocenters. The Bertz CT molecular complexity index is 1530. The minimum Gasteiger partial charge on any atom is -0.494 e. The fourth-order valence-corrected chi connectivity index (χ4v) is 3.91. The quantitative estimate of drug-likeness (QED) is 0.0991. The van der Waals surface area contributed by atoms with Crippen molar-refractivity contribution in [1.29, 1.82) is 0 Å². The Kier molecular flexibility index (Phi) is 13.2. The largest absolute Gasteiger partial charge is 0.494 e. The normalized spacial score (nSPS) is 9.88. The Hall–Kier alpha value is -5.20. The molecule has 0 radical (unpaired) electrons. The fraction of sp³-hybridized carbons (Fsp3) is 0.243. The highest BCUT2D eigenvalue weighted by Crippen LogP contribution is 2.16. The highest BCUT2D eigenvalue weighted by Gasteiger charge is 2.03. The molecule has 0 aliphatic heterocycles. The molecule has 0 saturated carbocycles. The molecule has 1 N–H and O–H groups in total. The molecule has 3 aromatic rings. The van der Waals surface area contributed by atoms with Crippen molar-refractivity contribution in [3.63, 3.8) is 0 Å². The minimum atomic E-state index is -0.928. The Balaban J connectivity index is 1.50. The lowest BCUT2D eigenvalue weighted by atomic mass is 10.0. The number of rotatable bonds is 14. The number of carboxylic acid groups (broad SMARTS) is 1. The van der Waals surface area contributed by atoms with Crippen molar-refractivity contribution in [1.82, 2.24) is 0 Å². The summed E-state index contributed by atoms with van der Waals surface area (Å²) in [7, 11) is 0. The number of ether oxygens (including phenoxy) is 3. The number of unbranched alkanes of at least 4 members (excludes halogenated alkanes) is 2. The van der Waals surface area contributed by atoms with Gasteiger partial charge in [-0.25, -0.2) is 9.59 Å². The summed E-state index contributed by atoms with van der Waals surface area (Å²) in [5, 5.41) is 8.84. The molecular formula is C37H36O6. The molecule has 6 nitrogen and oxygen atoms in total. The number of carbonyl (C=O) groups excluding carboxylic acids is 1. The summed E-state index contributed by atoms with van der Waals surface area (Å²) in [4.78, 5) is 21.8. The number of aliphatic carboxylic acids is 1. The van der Waals surface area contributed by atoms with Crippen molar-refractivity contribution in [3.05, 3.63) is 119 Å². The average Bonchev–Trinajstić information content (AvgIpc) is 3.03. The summed E-state index contributed by atoms with van der Waals surface area (Å²) in [6, 6.07) is 21.2. The lowest BCUT2D eigenvalue weighted by molar-refractivity contribution is -0.138. The molecule has 3 rings (SSSR count). The molecule has 0 bridgehead atoms. The van der Waals surface area contributed by atoms with Crippen LogP contribution in [0.15, 0.2) is 91.5 Å². The van der Waals surface area contributed by atoms with E-state index in [1.165, 1.54) is 0 Å². The summed E-state index contributed by atoms with van der Waals surface area (Å²) in [5.74, 6) is 13.0. The van der Waals surface area contributed by atoms with Crippen LogP contribution in [0.3, 0.4) is 0 Å². The number of benzene rings is 3. The zero-order chi connectivity index (χ0) is 30.9. The summed E-state index contributed by atoms with van der Waals surface area (Å²) < 4.78 is 16.3. The maximum absolute atomic E-state index is 11.1. The SMILES string of the molecule is C=CC(=O)OCCOc1ccc(C#Cc2ccc(C#Cc3ccc(OCCCCCC(=C)C(=O)O)cc3)cc2CC)cc1. The first kappa shape index (κ1) is 32.3. The van der Waals surface area contributed by atoms with Gasteiger partial charge in [-0.15, -0.1) is 0 Å². The first-order valence-electron chi connectivity index (χ1n) is 14.2. The van der Waals surface area contributed by atoms with Crippen molar-refractivity contribution in [3.8, 4) is 35.2 Å². The van der Waals surface area contributed by atoms with E-state index in [1.54, 1.807) is 0 Å². The van der Waals surface area contributed by atoms with E-state index in [0.717, 1.165) is 65.3 Å². The van der Waals surface area contributed by atoms with Crippen molar-refractivity contribution < 1.29 is 28.9 Å². The van der Waals surface area contributed by atoms with E-state index in [9.17, 15) is 9.59 Å². The number of hydrogen-bond acceptors (Lipinski definition) is 5. The van der Waals surface area contributed by atoms with Crippen LogP contribution in [-0.4, -0.2) is 36.9 Å². The van der Waals surface area contributed by atoms with Crippen molar-refractivity contribution in [2.24, 2.45) is 0 Å². The number of hydrogen-bond donors (Lipinski definition) is 1. The molecule has 220 valence electrons. The van der Waals surface area contributed by atoms with Gasteiger partial charge in [0.05, 0.1) is 6.61 Å². The average molecular weight is 577 g/mol. The Labute approximate surface area is 254 Å². The second-order valence-electron chi connectivity index (χ2n) is 9.56. The molecule has 6 heteroatoms. The van der Waals surface area contributed by atoms with Crippen LogP contribution in [0.1, 0.15) is 60.4 Å². The van der Waals surface area contributed by atoms with E-state index in [2.05, 4.69) is 49.8 Å². The van der Waals surface area contributed by atoms with Gasteiger partial charge in [-0.05, 0) is 104 Å². The Morgan fingerprint density at radius 2 is 1.35 bits per heavy atom. The van der Waals surface area contributed by atoms with Gasteiger partial charge in [-0.1, -0.05) is 43.8 Å². The van der Waals surface area contributed by atoms with Crippen molar-refractivity contribution in [2.45, 2.75) is 39.0 Å². The van der Waals surface area contributed by atoms with Gasteiger partial charge in [0.1, 0.15) is 24.7 Å². The third kappa shape index (κ3) is 11.7. The molecule has 3 aromatic carbocycles. The molecular weight excluding hydrogens is 540 g/mol. The third-order valence-electron chi connectivity index (χ3n) is 6.34. The molecule has 0 fully saturated rings. The third-order valence-corrected chi connectivity index (χ3v) is 6.34. The standard InChI is InChI=1S/C37H36O6/c1-4-32-27-31(11-10-29-14-20-34(21-15-29)41-24-8-6-7-9-28(3)37(39)40)13-19-33(32)18-12-30-16-22-35(23-17-30)42-25-26-43-36(38)5-2/h5,13-17,19-23,27H,2-4,6-9,24-26H2,1H3,(H,39,40). The second-order valence-corrected chi connectivity index (χ2v) is 9.56. The summed E-state index contributed by atoms with van der Waals surface area (Å²) >= 11 is 0. The molecule has 0 aliphatic rings. The topological polar surface area (TPSA) is 82.1 Å². The molecule has 0 spiro atoms. The van der Waals surface area contributed by atoms with Crippen LogP contribution < -0.4 is 9.47 Å². The number of aryl methyl sites for hydroxylation is 1. The van der Waals surface area contributed by atoms with Gasteiger partial charge < -0.3 is 19.3 Å². The van der Waals surface area contributed by atoms with Gasteiger partial charge in [0.25, 0.3) is 0 Å². The van der Waals surface area contributed by atoms with Crippen molar-refractivity contribution >= 4 is 11.9 Å². The van der Waals surface area contributed by atoms with Crippen LogP contribution in [0.2, 0.25) is 0 Å². The summed E-state index contributed by atoms with van der Waals surface area (Å²) in [5.41, 5.74) is 5.03. The lowest BCUT2D eigenvalue weighted by Gasteiger charge is -2.06. The van der Waals surface area contributed by atoms with E-state index >= 15 is 0 Å². The van der Waals surface area contributed by atoms with Crippen LogP contribution >= 0.6 is 0 Å². The van der Waals surface area contributed by atoms with E-state index in [4.69, 9.17) is 19.3 Å². The van der Waals surface area contributed by atoms with Gasteiger partial charge in [-0.2, -0.15) is 0 Å². The molecule has 0 amide bonds. The Morgan fingerprint density at radius 1 is 0.767 bits per heavy atom. The zero-order valence-corrected chi connectivity index (χ0v) is 24.5. The summed E-state index contributed by atoms with van der Waals surface area (Å²) in [6.45, 7) is 10.00. The molecule has 0 atom stereocenters. The minimum absolute atomic E-state index is 0.159. The van der Waals surface area contributed by atoms with E-state index in [1.807, 2.05) is 60.7 Å². The van der Waals surface area contributed by atoms with Crippen LogP contribution in [-0.2, 0) is 20.7 Å². The van der Waals surface area contributed by atoms with Crippen LogP contribution in [0, 0.1) is 23.7 Å². The highest BCUT2D eigenvalue weighted by molar-refractivity contribution is 5.85. The van der Waals surface area contributed by atoms with Gasteiger partial charge in [0.15, 0.2) is 0 Å². The van der Waals surface area contributed by atoms with Crippen LogP contribution in [0.4, 0.5) is 0 Å². The van der Waals surface area contributed by atoms with Gasteiger partial charge in [0.2, 0.25) is 0 Å². The fourth-order valence-electron chi connectivity index (χ4n) is 3.91. The number of esters is 1. The molecule has 0 aliphatic carbocycles. The number of carboxylic acids is 1. The molecule has 0 aromatic heterocycles. The predicted octanol–water partition coefficient (Wildman–Crippen LogP) is 6.74. The number of carbonyl (C=O) groups is 2. The van der Waals surface area contributed by atoms with Gasteiger partial charge >= 0.3 is 11.9 Å². The van der Waals surface area contributed by atoms with Gasteiger partial charge in [0, 0.05) is 33.9 Å². The molecule has 0 saturated heterocycles. The predicted molar refractivity (Wildman–Crippen MR) is 168 cm³/mol. The maximum atomic E-state index is 11.1. The first-order chi connectivity index (χ1) is 20.9. The summed E-state index contributed by atoms with van der Waals surface area (Å²) in [6.07, 6.45) is 5.00. The monoisotopic (exact) mass is 576 g/mol. The maximum Gasteiger partial charge on any atom is 0.330 e. The van der Waals surface area contributed by atoms with E-state index in [0.29, 0.717) is 18.8 Å². The first-order valence-corrected chi connectivity index (χ1v) is 14.2. The van der Waals surface area contributed by atoms with Crippen molar-refractivity contribution in [2.75, 3.05) is 19.8 Å². The molecule has 43 heavy (non-hydrogen) atoms. The van der Waals surface area contributed by atoms with Crippen LogP contribution in [0.5, 0.6) is 11.5 Å². The van der Waals surface area contributed by atoms with E-state index in [-0.39, 0.29) is 18.8 Å². The smallest absolute Gasteiger partial charge is 0.330 e.